The van der Waals surface area contributed by atoms with Gasteiger partial charge in [-0.1, -0.05) is 5.92 Å². The molecular weight excluding hydrogens is 510 g/mol. The highest BCUT2D eigenvalue weighted by Gasteiger charge is 2.69. The molecule has 6 atom stereocenters. The van der Waals surface area contributed by atoms with E-state index in [4.69, 9.17) is 5.73 Å². The number of nitrogens with zero attached hydrogens (tertiary/aromatic N) is 2. The quantitative estimate of drug-likeness (QED) is 0.230. The molecule has 3 aliphatic carbocycles. The van der Waals surface area contributed by atoms with E-state index < -0.39 is 76.1 Å². The molecule has 0 radical (unpaired) electrons. The lowest BCUT2D eigenvalue weighted by atomic mass is 9.52. The minimum Gasteiger partial charge on any atom is -0.506 e. The second-order valence-electron chi connectivity index (χ2n) is 10.6. The number of aromatic hydroxyl groups is 1. The standard InChI is InChI=1S/C27H29N3O9/c1-29(2)15-10-11(6-7-16(31)39-5)21(32)18-13(15)8-12-9-14-20(30(3)4)23(34)19(26(28)37)25(36)27(14,38)24(35)17(12)22(18)33/h10,12,14,17,19-20,32,38H,8-9H2,1-5H3,(H2,28,37)/t12-,14-,17?,19?,20?,27-/m0/s1. The van der Waals surface area contributed by atoms with Crippen molar-refractivity contribution in [1.82, 2.24) is 4.90 Å². The Hall–Kier alpha value is -4.08. The molecule has 0 saturated heterocycles. The molecule has 1 aromatic carbocycles. The Morgan fingerprint density at radius 1 is 1.13 bits per heavy atom. The van der Waals surface area contributed by atoms with E-state index in [1.165, 1.54) is 25.1 Å². The SMILES string of the molecule is COC(=O)C#Cc1cc(N(C)C)c2c(c1O)C(=O)C1C(=O)[C@]3(O)C(=O)C(C(N)=O)C(=O)C(N(C)C)[C@@H]3C[C@@H]1C2. The molecule has 0 heterocycles. The number of nitrogens with two attached hydrogens (primary N) is 1. The van der Waals surface area contributed by atoms with Crippen molar-refractivity contribution < 1.29 is 43.7 Å². The van der Waals surface area contributed by atoms with Crippen LogP contribution in [0, 0.1) is 35.5 Å². The Morgan fingerprint density at radius 3 is 2.31 bits per heavy atom. The van der Waals surface area contributed by atoms with Gasteiger partial charge in [-0.05, 0) is 44.5 Å². The summed E-state index contributed by atoms with van der Waals surface area (Å²) in [6.45, 7) is 0. The minimum absolute atomic E-state index is 0.0541. The second kappa shape index (κ2) is 9.59. The molecule has 2 fully saturated rings. The third kappa shape index (κ3) is 4.00. The zero-order chi connectivity index (χ0) is 29.1. The van der Waals surface area contributed by atoms with Crippen molar-refractivity contribution in [3.8, 4) is 17.6 Å². The predicted octanol–water partition coefficient (Wildman–Crippen LogP) is -1.54. The van der Waals surface area contributed by atoms with Crippen molar-refractivity contribution in [2.24, 2.45) is 29.4 Å². The minimum atomic E-state index is -2.81. The molecule has 12 nitrogen and oxygen atoms in total. The average Bonchev–Trinajstić information content (AvgIpc) is 2.84. The van der Waals surface area contributed by atoms with Gasteiger partial charge in [0.05, 0.1) is 30.2 Å². The summed E-state index contributed by atoms with van der Waals surface area (Å²) < 4.78 is 4.50. The van der Waals surface area contributed by atoms with E-state index >= 15 is 0 Å². The highest BCUT2D eigenvalue weighted by molar-refractivity contribution is 6.32. The number of carbonyl (C=O) groups excluding carboxylic acids is 6. The Morgan fingerprint density at radius 2 is 1.77 bits per heavy atom. The van der Waals surface area contributed by atoms with E-state index in [0.29, 0.717) is 11.3 Å². The van der Waals surface area contributed by atoms with Crippen LogP contribution in [-0.2, 0) is 35.1 Å². The first-order valence-electron chi connectivity index (χ1n) is 12.2. The van der Waals surface area contributed by atoms with Crippen LogP contribution in [0.15, 0.2) is 6.07 Å². The fourth-order valence-electron chi connectivity index (χ4n) is 6.32. The lowest BCUT2D eigenvalue weighted by Crippen LogP contribution is -2.74. The topological polar surface area (TPSA) is 185 Å². The number of primary amides is 1. The van der Waals surface area contributed by atoms with Gasteiger partial charge >= 0.3 is 5.97 Å². The Kier molecular flexibility index (Phi) is 6.87. The van der Waals surface area contributed by atoms with Gasteiger partial charge in [-0.25, -0.2) is 4.79 Å². The maximum Gasteiger partial charge on any atom is 0.384 e. The van der Waals surface area contributed by atoms with Crippen LogP contribution in [0.1, 0.15) is 27.9 Å². The van der Waals surface area contributed by atoms with Gasteiger partial charge in [-0.15, -0.1) is 0 Å². The Labute approximate surface area is 224 Å². The summed E-state index contributed by atoms with van der Waals surface area (Å²) in [4.78, 5) is 81.0. The van der Waals surface area contributed by atoms with E-state index in [2.05, 4.69) is 16.6 Å². The zero-order valence-electron chi connectivity index (χ0n) is 22.1. The lowest BCUT2D eigenvalue weighted by molar-refractivity contribution is -0.181. The number of ether oxygens (including phenoxy) is 1. The number of carbonyl (C=O) groups is 6. The molecular formula is C27H29N3O9. The van der Waals surface area contributed by atoms with Crippen LogP contribution in [0.3, 0.4) is 0 Å². The molecule has 0 spiro atoms. The van der Waals surface area contributed by atoms with Crippen LogP contribution in [0.4, 0.5) is 5.69 Å². The van der Waals surface area contributed by atoms with E-state index in [-0.39, 0.29) is 24.0 Å². The maximum absolute atomic E-state index is 13.9. The molecule has 0 bridgehead atoms. The summed E-state index contributed by atoms with van der Waals surface area (Å²) in [6.07, 6.45) is 0.0546. The monoisotopic (exact) mass is 539 g/mol. The van der Waals surface area contributed by atoms with Gasteiger partial charge in [0.15, 0.2) is 34.7 Å². The van der Waals surface area contributed by atoms with E-state index in [1.807, 2.05) is 0 Å². The third-order valence-corrected chi connectivity index (χ3v) is 8.00. The first kappa shape index (κ1) is 27.9. The van der Waals surface area contributed by atoms with Crippen molar-refractivity contribution in [2.45, 2.75) is 24.5 Å². The van der Waals surface area contributed by atoms with Crippen LogP contribution >= 0.6 is 0 Å². The highest BCUT2D eigenvalue weighted by Crippen LogP contribution is 2.52. The number of phenolic OH excluding ortho intramolecular Hbond substituents is 1. The number of phenols is 1. The number of methoxy groups -OCH3 is 1. The number of Topliss-reactive ketones (excluding diaryl/α,β-unsaturated/α-hetero) is 4. The lowest BCUT2D eigenvalue weighted by Gasteiger charge is -2.52. The summed E-state index contributed by atoms with van der Waals surface area (Å²) in [5.41, 5.74) is 3.19. The first-order valence-corrected chi connectivity index (χ1v) is 12.2. The van der Waals surface area contributed by atoms with Gasteiger partial charge < -0.3 is 25.6 Å². The number of rotatable bonds is 3. The average molecular weight is 540 g/mol. The van der Waals surface area contributed by atoms with Crippen LogP contribution in [-0.4, -0.2) is 97.1 Å². The number of hydrogen-bond acceptors (Lipinski definition) is 11. The van der Waals surface area contributed by atoms with Crippen molar-refractivity contribution in [3.63, 3.8) is 0 Å². The van der Waals surface area contributed by atoms with E-state index in [9.17, 15) is 39.0 Å². The van der Waals surface area contributed by atoms with E-state index in [0.717, 1.165) is 7.11 Å². The van der Waals surface area contributed by atoms with Gasteiger partial charge in [-0.3, -0.25) is 28.9 Å². The second-order valence-corrected chi connectivity index (χ2v) is 10.6. The maximum atomic E-state index is 13.9. The van der Waals surface area contributed by atoms with Crippen molar-refractivity contribution in [1.29, 1.82) is 0 Å². The smallest absolute Gasteiger partial charge is 0.384 e. The van der Waals surface area contributed by atoms with E-state index in [1.54, 1.807) is 19.0 Å². The summed E-state index contributed by atoms with van der Waals surface area (Å²) >= 11 is 0. The summed E-state index contributed by atoms with van der Waals surface area (Å²) in [5.74, 6) is -7.64. The number of hydrogen-bond donors (Lipinski definition) is 3. The number of aliphatic hydroxyl groups is 1. The molecule has 3 aliphatic rings. The molecule has 2 saturated carbocycles. The number of benzene rings is 1. The van der Waals surface area contributed by atoms with Crippen LogP contribution in [0.25, 0.3) is 0 Å². The number of likely N-dealkylation sites (N-methyl/N-ethyl adjacent to an activating group) is 1. The number of anilines is 1. The van der Waals surface area contributed by atoms with Gasteiger partial charge in [0, 0.05) is 31.6 Å². The Balaban J connectivity index is 1.90. The van der Waals surface area contributed by atoms with Crippen molar-refractivity contribution in [2.75, 3.05) is 40.2 Å². The van der Waals surface area contributed by atoms with Gasteiger partial charge in [0.2, 0.25) is 5.91 Å². The normalized spacial score (nSPS) is 29.6. The third-order valence-electron chi connectivity index (χ3n) is 8.00. The van der Waals surface area contributed by atoms with Gasteiger partial charge in [0.1, 0.15) is 5.75 Å². The molecule has 3 unspecified atom stereocenters. The number of amides is 1. The summed E-state index contributed by atoms with van der Waals surface area (Å²) in [7, 11) is 7.59. The fourth-order valence-corrected chi connectivity index (χ4v) is 6.32. The van der Waals surface area contributed by atoms with Crippen molar-refractivity contribution in [3.05, 3.63) is 22.8 Å². The van der Waals surface area contributed by atoms with Crippen LogP contribution in [0.2, 0.25) is 0 Å². The largest absolute Gasteiger partial charge is 0.506 e. The molecule has 12 heteroatoms. The summed E-state index contributed by atoms with van der Waals surface area (Å²) in [6, 6.07) is 0.330. The molecule has 1 amide bonds. The molecule has 4 N–H and O–H groups in total. The Bertz CT molecular complexity index is 1400. The zero-order valence-corrected chi connectivity index (χ0v) is 22.1. The van der Waals surface area contributed by atoms with Crippen LogP contribution < -0.4 is 10.6 Å². The molecule has 0 aromatic heterocycles. The first-order chi connectivity index (χ1) is 18.2. The van der Waals surface area contributed by atoms with Crippen molar-refractivity contribution >= 4 is 40.7 Å². The fraction of sp³-hybridized carbons (Fsp3) is 0.481. The van der Waals surface area contributed by atoms with Crippen LogP contribution in [0.5, 0.6) is 5.75 Å². The molecule has 4 rings (SSSR count). The molecule has 0 aliphatic heterocycles. The van der Waals surface area contributed by atoms with Gasteiger partial charge in [0.25, 0.3) is 0 Å². The highest BCUT2D eigenvalue weighted by atomic mass is 16.5. The number of esters is 1. The number of fused-ring (bicyclic) bond motifs is 3. The summed E-state index contributed by atoms with van der Waals surface area (Å²) in [5, 5.41) is 22.7. The predicted molar refractivity (Wildman–Crippen MR) is 135 cm³/mol. The molecule has 206 valence electrons. The molecule has 39 heavy (non-hydrogen) atoms. The van der Waals surface area contributed by atoms with Gasteiger partial charge in [-0.2, -0.15) is 0 Å². The number of ketones is 4. The molecule has 1 aromatic rings.